The molecule has 0 bridgehead atoms. The monoisotopic (exact) mass is 225 g/mol. The minimum atomic E-state index is 0.188. The number of nitrogens with zero attached hydrogens (tertiary/aromatic N) is 1. The molecule has 92 valence electrons. The molecule has 4 heteroatoms. The first-order valence-electron chi connectivity index (χ1n) is 6.42. The average Bonchev–Trinajstić information content (AvgIpc) is 3.01. The summed E-state index contributed by atoms with van der Waals surface area (Å²) in [7, 11) is 0. The van der Waals surface area contributed by atoms with Gasteiger partial charge in [-0.1, -0.05) is 0 Å². The van der Waals surface area contributed by atoms with Gasteiger partial charge in [0, 0.05) is 18.6 Å². The van der Waals surface area contributed by atoms with Crippen LogP contribution in [0.2, 0.25) is 0 Å². The van der Waals surface area contributed by atoms with Crippen LogP contribution in [-0.4, -0.2) is 42.5 Å². The van der Waals surface area contributed by atoms with Crippen molar-refractivity contribution in [2.45, 2.75) is 44.7 Å². The van der Waals surface area contributed by atoms with Crippen LogP contribution in [0, 0.1) is 5.92 Å². The highest BCUT2D eigenvalue weighted by molar-refractivity contribution is 5.78. The zero-order valence-electron chi connectivity index (χ0n) is 10.1. The van der Waals surface area contributed by atoms with Crippen molar-refractivity contribution in [2.24, 2.45) is 11.7 Å². The molecule has 1 heterocycles. The maximum atomic E-state index is 11.7. The molecule has 0 aromatic carbocycles. The van der Waals surface area contributed by atoms with Crippen molar-refractivity contribution in [1.82, 2.24) is 10.2 Å². The molecular weight excluding hydrogens is 202 g/mol. The molecule has 2 atom stereocenters. The first-order chi connectivity index (χ1) is 7.65. The number of amides is 1. The molecule has 2 aliphatic rings. The molecule has 0 aromatic rings. The van der Waals surface area contributed by atoms with E-state index >= 15 is 0 Å². The molecule has 3 N–H and O–H groups in total. The van der Waals surface area contributed by atoms with Gasteiger partial charge >= 0.3 is 0 Å². The lowest BCUT2D eigenvalue weighted by Gasteiger charge is -2.34. The molecule has 2 fully saturated rings. The van der Waals surface area contributed by atoms with E-state index < -0.39 is 0 Å². The normalized spacial score (nSPS) is 28.8. The largest absolute Gasteiger partial charge is 0.352 e. The molecule has 0 radical (unpaired) electrons. The first-order valence-corrected chi connectivity index (χ1v) is 6.42. The van der Waals surface area contributed by atoms with Gasteiger partial charge in [0.25, 0.3) is 0 Å². The fourth-order valence-corrected chi connectivity index (χ4v) is 2.37. The quantitative estimate of drug-likeness (QED) is 0.724. The molecule has 0 spiro atoms. The maximum absolute atomic E-state index is 11.7. The van der Waals surface area contributed by atoms with Crippen molar-refractivity contribution < 1.29 is 4.79 Å². The molecule has 2 unspecified atom stereocenters. The van der Waals surface area contributed by atoms with Crippen LogP contribution in [0.5, 0.6) is 0 Å². The molecule has 16 heavy (non-hydrogen) atoms. The highest BCUT2D eigenvalue weighted by atomic mass is 16.2. The Hall–Kier alpha value is -0.610. The number of hydrogen-bond donors (Lipinski definition) is 2. The van der Waals surface area contributed by atoms with Crippen LogP contribution in [0.15, 0.2) is 0 Å². The minimum absolute atomic E-state index is 0.188. The van der Waals surface area contributed by atoms with Crippen molar-refractivity contribution in [2.75, 3.05) is 19.6 Å². The van der Waals surface area contributed by atoms with Crippen molar-refractivity contribution in [3.05, 3.63) is 0 Å². The van der Waals surface area contributed by atoms with E-state index in [0.717, 1.165) is 25.9 Å². The van der Waals surface area contributed by atoms with Gasteiger partial charge in [0.15, 0.2) is 0 Å². The van der Waals surface area contributed by atoms with Crippen LogP contribution in [0.25, 0.3) is 0 Å². The van der Waals surface area contributed by atoms with Crippen molar-refractivity contribution in [1.29, 1.82) is 0 Å². The van der Waals surface area contributed by atoms with E-state index in [2.05, 4.69) is 17.1 Å². The predicted octanol–water partition coefficient (Wildman–Crippen LogP) is 0.324. The van der Waals surface area contributed by atoms with Crippen molar-refractivity contribution in [3.63, 3.8) is 0 Å². The second-order valence-electron chi connectivity index (χ2n) is 5.34. The molecule has 4 nitrogen and oxygen atoms in total. The zero-order valence-corrected chi connectivity index (χ0v) is 10.1. The van der Waals surface area contributed by atoms with E-state index in [1.807, 2.05) is 0 Å². The van der Waals surface area contributed by atoms with Crippen LogP contribution in [0.4, 0.5) is 0 Å². The molecular formula is C12H23N3O. The Labute approximate surface area is 97.6 Å². The SMILES string of the molecule is CC(N)C1CCCN(CC(=O)NC2CC2)C1. The Balaban J connectivity index is 1.73. The third kappa shape index (κ3) is 3.46. The Morgan fingerprint density at radius 1 is 1.50 bits per heavy atom. The Morgan fingerprint density at radius 3 is 2.88 bits per heavy atom. The van der Waals surface area contributed by atoms with E-state index in [0.29, 0.717) is 18.5 Å². The van der Waals surface area contributed by atoms with Crippen LogP contribution < -0.4 is 11.1 Å². The third-order valence-corrected chi connectivity index (χ3v) is 3.60. The standard InChI is InChI=1S/C12H23N3O/c1-9(13)10-3-2-6-15(7-10)8-12(16)14-11-4-5-11/h9-11H,2-8,13H2,1H3,(H,14,16). The van der Waals surface area contributed by atoms with Crippen molar-refractivity contribution in [3.8, 4) is 0 Å². The zero-order chi connectivity index (χ0) is 11.5. The summed E-state index contributed by atoms with van der Waals surface area (Å²) in [6.07, 6.45) is 4.70. The summed E-state index contributed by atoms with van der Waals surface area (Å²) in [4.78, 5) is 13.9. The lowest BCUT2D eigenvalue weighted by atomic mass is 9.92. The average molecular weight is 225 g/mol. The maximum Gasteiger partial charge on any atom is 0.234 e. The van der Waals surface area contributed by atoms with E-state index in [4.69, 9.17) is 5.73 Å². The first kappa shape index (κ1) is 11.9. The summed E-state index contributed by atoms with van der Waals surface area (Å²) in [6, 6.07) is 0.718. The van der Waals surface area contributed by atoms with Gasteiger partial charge in [-0.25, -0.2) is 0 Å². The fourth-order valence-electron chi connectivity index (χ4n) is 2.37. The molecule has 1 saturated carbocycles. The topological polar surface area (TPSA) is 58.4 Å². The molecule has 1 aliphatic carbocycles. The highest BCUT2D eigenvalue weighted by Gasteiger charge is 2.27. The Kier molecular flexibility index (Phi) is 3.82. The van der Waals surface area contributed by atoms with Crippen LogP contribution >= 0.6 is 0 Å². The summed E-state index contributed by atoms with van der Waals surface area (Å²) in [5, 5.41) is 3.03. The molecule has 1 saturated heterocycles. The summed E-state index contributed by atoms with van der Waals surface area (Å²) in [5.41, 5.74) is 5.92. The second-order valence-corrected chi connectivity index (χ2v) is 5.34. The fraction of sp³-hybridized carbons (Fsp3) is 0.917. The van der Waals surface area contributed by atoms with E-state index in [-0.39, 0.29) is 11.9 Å². The highest BCUT2D eigenvalue weighted by Crippen LogP contribution is 2.20. The summed E-state index contributed by atoms with van der Waals surface area (Å²) in [6.45, 7) is 4.65. The van der Waals surface area contributed by atoms with Gasteiger partial charge in [0.2, 0.25) is 5.91 Å². The summed E-state index contributed by atoms with van der Waals surface area (Å²) in [5.74, 6) is 0.746. The summed E-state index contributed by atoms with van der Waals surface area (Å²) >= 11 is 0. The second kappa shape index (κ2) is 5.15. The number of carbonyl (C=O) groups is 1. The predicted molar refractivity (Wildman–Crippen MR) is 64.0 cm³/mol. The van der Waals surface area contributed by atoms with E-state index in [1.165, 1.54) is 12.8 Å². The van der Waals surface area contributed by atoms with Crippen LogP contribution in [0.1, 0.15) is 32.6 Å². The van der Waals surface area contributed by atoms with E-state index in [9.17, 15) is 4.79 Å². The van der Waals surface area contributed by atoms with Gasteiger partial charge in [0.1, 0.15) is 0 Å². The van der Waals surface area contributed by atoms with Gasteiger partial charge in [-0.3, -0.25) is 9.69 Å². The number of likely N-dealkylation sites (tertiary alicyclic amines) is 1. The molecule has 1 amide bonds. The Bertz CT molecular complexity index is 251. The Morgan fingerprint density at radius 2 is 2.25 bits per heavy atom. The summed E-state index contributed by atoms with van der Waals surface area (Å²) < 4.78 is 0. The number of hydrogen-bond acceptors (Lipinski definition) is 3. The number of piperidine rings is 1. The van der Waals surface area contributed by atoms with Crippen LogP contribution in [-0.2, 0) is 4.79 Å². The minimum Gasteiger partial charge on any atom is -0.352 e. The van der Waals surface area contributed by atoms with Gasteiger partial charge in [-0.2, -0.15) is 0 Å². The smallest absolute Gasteiger partial charge is 0.234 e. The number of nitrogens with two attached hydrogens (primary N) is 1. The van der Waals surface area contributed by atoms with E-state index in [1.54, 1.807) is 0 Å². The molecule has 0 aromatic heterocycles. The molecule has 1 aliphatic heterocycles. The lowest BCUT2D eigenvalue weighted by Crippen LogP contribution is -2.46. The van der Waals surface area contributed by atoms with Gasteiger partial charge < -0.3 is 11.1 Å². The number of carbonyl (C=O) groups excluding carboxylic acids is 1. The van der Waals surface area contributed by atoms with Crippen LogP contribution in [0.3, 0.4) is 0 Å². The molecule has 2 rings (SSSR count). The number of nitrogens with one attached hydrogen (secondary N) is 1. The van der Waals surface area contributed by atoms with Gasteiger partial charge in [-0.15, -0.1) is 0 Å². The number of rotatable bonds is 4. The third-order valence-electron chi connectivity index (χ3n) is 3.60. The van der Waals surface area contributed by atoms with Gasteiger partial charge in [-0.05, 0) is 45.1 Å². The van der Waals surface area contributed by atoms with Crippen molar-refractivity contribution >= 4 is 5.91 Å². The van der Waals surface area contributed by atoms with Gasteiger partial charge in [0.05, 0.1) is 6.54 Å². The lowest BCUT2D eigenvalue weighted by molar-refractivity contribution is -0.122.